The predicted octanol–water partition coefficient (Wildman–Crippen LogP) is 1.13. The zero-order valence-electron chi connectivity index (χ0n) is 8.64. The molecule has 1 aromatic carbocycles. The number of hydrogen-bond donors (Lipinski definition) is 1. The maximum atomic E-state index is 11.6. The van der Waals surface area contributed by atoms with Crippen LogP contribution in [-0.4, -0.2) is 20.9 Å². The molecule has 6 heteroatoms. The van der Waals surface area contributed by atoms with Crippen LogP contribution >= 0.6 is 11.8 Å². The molecular weight excluding hydrogens is 246 g/mol. The monoisotopic (exact) mass is 257 g/mol. The molecule has 0 saturated heterocycles. The van der Waals surface area contributed by atoms with E-state index in [0.29, 0.717) is 10.5 Å². The molecule has 1 atom stereocenters. The second kappa shape index (κ2) is 5.93. The first-order valence-corrected chi connectivity index (χ1v) is 6.63. The summed E-state index contributed by atoms with van der Waals surface area (Å²) in [5, 5.41) is 5.09. The van der Waals surface area contributed by atoms with Gasteiger partial charge >= 0.3 is 0 Å². The molecule has 0 aliphatic carbocycles. The van der Waals surface area contributed by atoms with Gasteiger partial charge in [0.2, 0.25) is 0 Å². The molecule has 86 valence electrons. The van der Waals surface area contributed by atoms with Crippen LogP contribution in [0.4, 0.5) is 0 Å². The summed E-state index contributed by atoms with van der Waals surface area (Å²) in [5.41, 5.74) is 0.489. The number of nitrogens with two attached hydrogens (primary N) is 1. The minimum absolute atomic E-state index is 0.0898. The Morgan fingerprint density at radius 1 is 1.31 bits per heavy atom. The van der Waals surface area contributed by atoms with Crippen molar-refractivity contribution in [3.8, 4) is 0 Å². The molecule has 0 aromatic heterocycles. The smallest absolute Gasteiger partial charge is 0.186 e. The molecule has 0 aliphatic rings. The van der Waals surface area contributed by atoms with E-state index in [-0.39, 0.29) is 16.7 Å². The fourth-order valence-corrected chi connectivity index (χ4v) is 1.93. The van der Waals surface area contributed by atoms with Crippen LogP contribution in [-0.2, 0) is 15.8 Å². The first-order chi connectivity index (χ1) is 7.50. The van der Waals surface area contributed by atoms with Gasteiger partial charge in [0.1, 0.15) is 11.0 Å². The summed E-state index contributed by atoms with van der Waals surface area (Å²) >= 11 is 0.972. The van der Waals surface area contributed by atoms with E-state index in [1.807, 2.05) is 0 Å². The molecule has 0 heterocycles. The van der Waals surface area contributed by atoms with Gasteiger partial charge in [0.15, 0.2) is 10.9 Å². The molecule has 16 heavy (non-hydrogen) atoms. The zero-order chi connectivity index (χ0) is 12.1. The lowest BCUT2D eigenvalue weighted by Gasteiger charge is -2.00. The maximum absolute atomic E-state index is 11.6. The first-order valence-electron chi connectivity index (χ1n) is 4.43. The SMILES string of the molecule is CC(=O)SCC(=O)c1ccc(S(N)=O)cc1. The molecule has 4 nitrogen and oxygen atoms in total. The fraction of sp³-hybridized carbons (Fsp3) is 0.200. The molecule has 1 unspecified atom stereocenters. The lowest BCUT2D eigenvalue weighted by Crippen LogP contribution is -2.06. The van der Waals surface area contributed by atoms with Gasteiger partial charge < -0.3 is 0 Å². The lowest BCUT2D eigenvalue weighted by atomic mass is 10.1. The number of benzene rings is 1. The Hall–Kier alpha value is -0.980. The highest BCUT2D eigenvalue weighted by atomic mass is 32.2. The number of carbonyl (C=O) groups excluding carboxylic acids is 2. The van der Waals surface area contributed by atoms with Crippen LogP contribution < -0.4 is 5.14 Å². The molecule has 0 spiro atoms. The van der Waals surface area contributed by atoms with Crippen molar-refractivity contribution in [2.75, 3.05) is 5.75 Å². The largest absolute Gasteiger partial charge is 0.293 e. The third-order valence-electron chi connectivity index (χ3n) is 1.82. The van der Waals surface area contributed by atoms with Crippen LogP contribution in [0.1, 0.15) is 17.3 Å². The molecule has 0 saturated carbocycles. The average molecular weight is 257 g/mol. The van der Waals surface area contributed by atoms with E-state index in [1.54, 1.807) is 24.3 Å². The van der Waals surface area contributed by atoms with Crippen molar-refractivity contribution in [2.45, 2.75) is 11.8 Å². The van der Waals surface area contributed by atoms with Gasteiger partial charge in [-0.2, -0.15) is 0 Å². The van der Waals surface area contributed by atoms with Crippen molar-refractivity contribution in [1.29, 1.82) is 0 Å². The third-order valence-corrected chi connectivity index (χ3v) is 3.36. The zero-order valence-corrected chi connectivity index (χ0v) is 10.3. The molecule has 1 aromatic rings. The number of hydrogen-bond acceptors (Lipinski definition) is 4. The molecule has 0 bridgehead atoms. The van der Waals surface area contributed by atoms with Crippen LogP contribution in [0.25, 0.3) is 0 Å². The Balaban J connectivity index is 2.70. The fourth-order valence-electron chi connectivity index (χ4n) is 1.03. The van der Waals surface area contributed by atoms with Gasteiger partial charge in [-0.15, -0.1) is 0 Å². The summed E-state index contributed by atoms with van der Waals surface area (Å²) in [5.74, 6) is -0.00465. The number of rotatable bonds is 4. The van der Waals surface area contributed by atoms with Gasteiger partial charge in [0.05, 0.1) is 10.6 Å². The Morgan fingerprint density at radius 3 is 2.31 bits per heavy atom. The normalized spacial score (nSPS) is 12.1. The van der Waals surface area contributed by atoms with Crippen LogP contribution in [0.15, 0.2) is 29.2 Å². The minimum atomic E-state index is -1.53. The van der Waals surface area contributed by atoms with Crippen LogP contribution in [0, 0.1) is 0 Å². The second-order valence-corrected chi connectivity index (χ2v) is 5.24. The molecule has 0 amide bonds. The van der Waals surface area contributed by atoms with Crippen LogP contribution in [0.2, 0.25) is 0 Å². The lowest BCUT2D eigenvalue weighted by molar-refractivity contribution is -0.109. The number of ketones is 1. The summed E-state index contributed by atoms with van der Waals surface area (Å²) in [6, 6.07) is 6.20. The van der Waals surface area contributed by atoms with Gasteiger partial charge in [-0.3, -0.25) is 9.59 Å². The van der Waals surface area contributed by atoms with Gasteiger partial charge in [0, 0.05) is 12.5 Å². The topological polar surface area (TPSA) is 77.2 Å². The Morgan fingerprint density at radius 2 is 1.88 bits per heavy atom. The molecule has 0 aliphatic heterocycles. The Bertz CT molecular complexity index is 428. The number of thioether (sulfide) groups is 1. The van der Waals surface area contributed by atoms with E-state index in [0.717, 1.165) is 11.8 Å². The molecular formula is C10H11NO3S2. The summed E-state index contributed by atoms with van der Waals surface area (Å²) < 4.78 is 10.9. The van der Waals surface area contributed by atoms with Crippen molar-refractivity contribution in [1.82, 2.24) is 0 Å². The van der Waals surface area contributed by atoms with Crippen molar-refractivity contribution >= 4 is 33.6 Å². The summed E-state index contributed by atoms with van der Waals surface area (Å²) in [6.07, 6.45) is 0. The Kier molecular flexibility index (Phi) is 4.85. The van der Waals surface area contributed by atoms with Gasteiger partial charge in [-0.05, 0) is 12.1 Å². The highest BCUT2D eigenvalue weighted by Gasteiger charge is 2.08. The molecule has 1 rings (SSSR count). The molecule has 0 radical (unpaired) electrons. The number of Topliss-reactive ketones (excluding diaryl/α,β-unsaturated/α-hetero) is 1. The van der Waals surface area contributed by atoms with Crippen molar-refractivity contribution in [3.05, 3.63) is 29.8 Å². The second-order valence-electron chi connectivity index (χ2n) is 3.03. The van der Waals surface area contributed by atoms with Crippen LogP contribution in [0.3, 0.4) is 0 Å². The van der Waals surface area contributed by atoms with E-state index >= 15 is 0 Å². The number of carbonyl (C=O) groups is 2. The standard InChI is InChI=1S/C10H11NO3S2/c1-7(12)15-6-10(13)8-2-4-9(5-3-8)16(11)14/h2-5H,6,11H2,1H3. The van der Waals surface area contributed by atoms with E-state index in [2.05, 4.69) is 0 Å². The first kappa shape index (κ1) is 13.1. The third kappa shape index (κ3) is 3.88. The van der Waals surface area contributed by atoms with Crippen molar-refractivity contribution in [3.63, 3.8) is 0 Å². The van der Waals surface area contributed by atoms with Gasteiger partial charge in [0.25, 0.3) is 0 Å². The minimum Gasteiger partial charge on any atom is -0.293 e. The summed E-state index contributed by atoms with van der Waals surface area (Å²) in [4.78, 5) is 22.7. The highest BCUT2D eigenvalue weighted by molar-refractivity contribution is 8.14. The van der Waals surface area contributed by atoms with E-state index in [4.69, 9.17) is 5.14 Å². The maximum Gasteiger partial charge on any atom is 0.186 e. The Labute approximate surface area is 100 Å². The highest BCUT2D eigenvalue weighted by Crippen LogP contribution is 2.10. The average Bonchev–Trinajstić information content (AvgIpc) is 2.26. The summed E-state index contributed by atoms with van der Waals surface area (Å²) in [7, 11) is -1.53. The van der Waals surface area contributed by atoms with Crippen molar-refractivity contribution in [2.24, 2.45) is 5.14 Å². The van der Waals surface area contributed by atoms with E-state index in [1.165, 1.54) is 6.92 Å². The summed E-state index contributed by atoms with van der Waals surface area (Å²) in [6.45, 7) is 1.42. The molecule has 2 N–H and O–H groups in total. The van der Waals surface area contributed by atoms with Crippen molar-refractivity contribution < 1.29 is 13.8 Å². The van der Waals surface area contributed by atoms with E-state index in [9.17, 15) is 13.8 Å². The quantitative estimate of drug-likeness (QED) is 0.820. The predicted molar refractivity (Wildman–Crippen MR) is 64.5 cm³/mol. The van der Waals surface area contributed by atoms with Gasteiger partial charge in [-0.25, -0.2) is 9.35 Å². The van der Waals surface area contributed by atoms with Gasteiger partial charge in [-0.1, -0.05) is 23.9 Å². The molecule has 0 fully saturated rings. The van der Waals surface area contributed by atoms with Crippen LogP contribution in [0.5, 0.6) is 0 Å². The van der Waals surface area contributed by atoms with E-state index < -0.39 is 11.0 Å².